The minimum absolute atomic E-state index is 0.0196. The first-order valence-corrected chi connectivity index (χ1v) is 6.57. The van der Waals surface area contributed by atoms with Gasteiger partial charge in [-0.15, -0.1) is 0 Å². The van der Waals surface area contributed by atoms with Crippen molar-refractivity contribution in [3.63, 3.8) is 0 Å². The zero-order valence-corrected chi connectivity index (χ0v) is 10.9. The lowest BCUT2D eigenvalue weighted by Gasteiger charge is -2.25. The summed E-state index contributed by atoms with van der Waals surface area (Å²) in [5.41, 5.74) is -0.0196. The molecule has 2 aliphatic heterocycles. The summed E-state index contributed by atoms with van der Waals surface area (Å²) in [7, 11) is 0. The second-order valence-corrected chi connectivity index (χ2v) is 5.19. The number of nitrogens with zero attached hydrogens (tertiary/aromatic N) is 2. The summed E-state index contributed by atoms with van der Waals surface area (Å²) >= 11 is 5.68. The molecule has 0 aliphatic carbocycles. The van der Waals surface area contributed by atoms with Crippen molar-refractivity contribution in [2.45, 2.75) is 25.3 Å². The molecule has 100 valence electrons. The van der Waals surface area contributed by atoms with Crippen molar-refractivity contribution in [1.82, 2.24) is 4.90 Å². The Labute approximate surface area is 114 Å². The number of hydrogen-bond acceptors (Lipinski definition) is 2. The van der Waals surface area contributed by atoms with Crippen molar-refractivity contribution in [2.75, 3.05) is 11.4 Å². The van der Waals surface area contributed by atoms with Gasteiger partial charge in [-0.2, -0.15) is 0 Å². The number of benzene rings is 1. The first-order valence-electron chi connectivity index (χ1n) is 6.19. The smallest absolute Gasteiger partial charge is 0.312 e. The highest BCUT2D eigenvalue weighted by Crippen LogP contribution is 2.32. The topological polar surface area (TPSA) is 40.6 Å². The van der Waals surface area contributed by atoms with Crippen LogP contribution in [0.2, 0.25) is 5.02 Å². The van der Waals surface area contributed by atoms with Crippen molar-refractivity contribution >= 4 is 29.2 Å². The number of amides is 3. The van der Waals surface area contributed by atoms with E-state index in [0.29, 0.717) is 13.0 Å². The highest BCUT2D eigenvalue weighted by molar-refractivity contribution is 6.30. The molecule has 0 radical (unpaired) electrons. The third-order valence-corrected chi connectivity index (χ3v) is 3.83. The van der Waals surface area contributed by atoms with E-state index in [1.807, 2.05) is 0 Å². The average molecular weight is 283 g/mol. The van der Waals surface area contributed by atoms with Crippen molar-refractivity contribution in [1.29, 1.82) is 0 Å². The predicted molar refractivity (Wildman–Crippen MR) is 68.6 cm³/mol. The van der Waals surface area contributed by atoms with Gasteiger partial charge in [0.25, 0.3) is 5.91 Å². The summed E-state index contributed by atoms with van der Waals surface area (Å²) in [5, 5.41) is 0.234. The van der Waals surface area contributed by atoms with Gasteiger partial charge in [-0.05, 0) is 37.5 Å². The van der Waals surface area contributed by atoms with Gasteiger partial charge in [0, 0.05) is 11.6 Å². The summed E-state index contributed by atoms with van der Waals surface area (Å²) < 4.78 is 13.9. The molecule has 1 aromatic carbocycles. The van der Waals surface area contributed by atoms with Crippen LogP contribution in [0.25, 0.3) is 0 Å². The van der Waals surface area contributed by atoms with Crippen LogP contribution in [0.3, 0.4) is 0 Å². The fraction of sp³-hybridized carbons (Fsp3) is 0.385. The van der Waals surface area contributed by atoms with Crippen molar-refractivity contribution in [3.05, 3.63) is 29.0 Å². The van der Waals surface area contributed by atoms with Gasteiger partial charge in [0.2, 0.25) is 0 Å². The first-order chi connectivity index (χ1) is 9.09. The average Bonchev–Trinajstić information content (AvgIpc) is 2.64. The Balaban J connectivity index is 2.00. The Morgan fingerprint density at radius 1 is 1.26 bits per heavy atom. The van der Waals surface area contributed by atoms with Gasteiger partial charge in [0.05, 0.1) is 5.69 Å². The van der Waals surface area contributed by atoms with Crippen LogP contribution in [0, 0.1) is 5.82 Å². The molecule has 19 heavy (non-hydrogen) atoms. The van der Waals surface area contributed by atoms with Gasteiger partial charge in [0.1, 0.15) is 11.9 Å². The van der Waals surface area contributed by atoms with E-state index in [4.69, 9.17) is 11.6 Å². The Bertz CT molecular complexity index is 540. The number of urea groups is 1. The van der Waals surface area contributed by atoms with Crippen LogP contribution in [0.15, 0.2) is 18.2 Å². The molecule has 4 nitrogen and oxygen atoms in total. The molecular formula is C13H12ClFN2O2. The zero-order chi connectivity index (χ0) is 13.6. The number of carbonyl (C=O) groups is 2. The van der Waals surface area contributed by atoms with E-state index in [9.17, 15) is 14.0 Å². The van der Waals surface area contributed by atoms with Gasteiger partial charge < -0.3 is 4.90 Å². The summed E-state index contributed by atoms with van der Waals surface area (Å²) in [6, 6.07) is 3.07. The van der Waals surface area contributed by atoms with E-state index >= 15 is 0 Å². The summed E-state index contributed by atoms with van der Waals surface area (Å²) in [6.45, 7) is 0.556. The lowest BCUT2D eigenvalue weighted by molar-refractivity contribution is -0.120. The number of halogens is 2. The number of imide groups is 1. The van der Waals surface area contributed by atoms with Crippen LogP contribution in [0.1, 0.15) is 19.3 Å². The van der Waals surface area contributed by atoms with Crippen LogP contribution in [0.5, 0.6) is 0 Å². The maximum atomic E-state index is 13.9. The number of hydrogen-bond donors (Lipinski definition) is 0. The second kappa shape index (κ2) is 4.49. The molecule has 0 saturated carbocycles. The lowest BCUT2D eigenvalue weighted by atomic mass is 10.0. The fourth-order valence-corrected chi connectivity index (χ4v) is 2.83. The first kappa shape index (κ1) is 12.4. The summed E-state index contributed by atoms with van der Waals surface area (Å²) in [5.74, 6) is -1.00. The van der Waals surface area contributed by atoms with Crippen LogP contribution >= 0.6 is 11.6 Å². The largest absolute Gasteiger partial charge is 0.332 e. The highest BCUT2D eigenvalue weighted by atomic mass is 35.5. The lowest BCUT2D eigenvalue weighted by Crippen LogP contribution is -2.39. The quantitative estimate of drug-likeness (QED) is 0.743. The minimum atomic E-state index is -0.658. The van der Waals surface area contributed by atoms with E-state index in [0.717, 1.165) is 23.8 Å². The Hall–Kier alpha value is -1.62. The maximum Gasteiger partial charge on any atom is 0.332 e. The van der Waals surface area contributed by atoms with E-state index in [2.05, 4.69) is 0 Å². The molecule has 0 N–H and O–H groups in total. The van der Waals surface area contributed by atoms with E-state index in [1.54, 1.807) is 0 Å². The van der Waals surface area contributed by atoms with E-state index in [-0.39, 0.29) is 16.6 Å². The normalized spacial score (nSPS) is 22.9. The Morgan fingerprint density at radius 3 is 2.74 bits per heavy atom. The minimum Gasteiger partial charge on any atom is -0.312 e. The monoisotopic (exact) mass is 282 g/mol. The molecule has 1 aromatic rings. The molecule has 1 unspecified atom stereocenters. The molecule has 2 heterocycles. The van der Waals surface area contributed by atoms with Gasteiger partial charge in [0.15, 0.2) is 0 Å². The molecule has 0 bridgehead atoms. The molecule has 3 rings (SSSR count). The molecule has 2 fully saturated rings. The number of fused-ring (bicyclic) bond motifs is 1. The Kier molecular flexibility index (Phi) is 2.93. The molecule has 0 spiro atoms. The van der Waals surface area contributed by atoms with E-state index < -0.39 is 17.9 Å². The highest BCUT2D eigenvalue weighted by Gasteiger charge is 2.47. The molecule has 1 atom stereocenters. The van der Waals surface area contributed by atoms with E-state index in [1.165, 1.54) is 17.0 Å². The van der Waals surface area contributed by atoms with Crippen LogP contribution in [-0.4, -0.2) is 29.4 Å². The molecular weight excluding hydrogens is 271 g/mol. The molecule has 2 aliphatic rings. The van der Waals surface area contributed by atoms with Gasteiger partial charge in [-0.3, -0.25) is 4.79 Å². The number of rotatable bonds is 1. The Morgan fingerprint density at radius 2 is 2.05 bits per heavy atom. The molecule has 2 saturated heterocycles. The molecule has 0 aromatic heterocycles. The molecule has 6 heteroatoms. The van der Waals surface area contributed by atoms with Crippen LogP contribution in [-0.2, 0) is 4.79 Å². The van der Waals surface area contributed by atoms with Crippen molar-refractivity contribution in [3.8, 4) is 0 Å². The summed E-state index contributed by atoms with van der Waals surface area (Å²) in [6.07, 6.45) is 2.44. The van der Waals surface area contributed by atoms with Crippen LogP contribution < -0.4 is 4.90 Å². The second-order valence-electron chi connectivity index (χ2n) is 4.76. The van der Waals surface area contributed by atoms with Gasteiger partial charge >= 0.3 is 6.03 Å². The fourth-order valence-electron chi connectivity index (χ4n) is 2.67. The standard InChI is InChI=1S/C13H12ClFN2O2/c14-8-4-5-10(9(15)7-8)17-12(18)11-3-1-2-6-16(11)13(17)19/h4-5,7,11H,1-3,6H2. The SMILES string of the molecule is O=C1C2CCCCN2C(=O)N1c1ccc(Cl)cc1F. The van der Waals surface area contributed by atoms with Gasteiger partial charge in [-0.25, -0.2) is 14.1 Å². The number of piperidine rings is 1. The van der Waals surface area contributed by atoms with Crippen molar-refractivity contribution in [2.24, 2.45) is 0 Å². The summed E-state index contributed by atoms with van der Waals surface area (Å²) in [4.78, 5) is 26.9. The van der Waals surface area contributed by atoms with Crippen molar-refractivity contribution < 1.29 is 14.0 Å². The molecule has 3 amide bonds. The third kappa shape index (κ3) is 1.89. The predicted octanol–water partition coefficient (Wildman–Crippen LogP) is 2.80. The zero-order valence-electron chi connectivity index (χ0n) is 10.1. The number of carbonyl (C=O) groups excluding carboxylic acids is 2. The third-order valence-electron chi connectivity index (χ3n) is 3.60. The number of anilines is 1. The van der Waals surface area contributed by atoms with Gasteiger partial charge in [-0.1, -0.05) is 11.6 Å². The maximum absolute atomic E-state index is 13.9. The van der Waals surface area contributed by atoms with Crippen LogP contribution in [0.4, 0.5) is 14.9 Å².